The lowest BCUT2D eigenvalue weighted by Gasteiger charge is -2.58. The third-order valence-electron chi connectivity index (χ3n) is 9.99. The number of ketones is 1. The summed E-state index contributed by atoms with van der Waals surface area (Å²) in [6, 6.07) is 0. The van der Waals surface area contributed by atoms with Crippen LogP contribution in [0.15, 0.2) is 11.6 Å². The quantitative estimate of drug-likeness (QED) is 0.497. The van der Waals surface area contributed by atoms with Crippen LogP contribution in [-0.4, -0.2) is 69.0 Å². The van der Waals surface area contributed by atoms with E-state index in [9.17, 15) is 30.0 Å². The van der Waals surface area contributed by atoms with Crippen LogP contribution >= 0.6 is 0 Å². The van der Waals surface area contributed by atoms with E-state index in [1.807, 2.05) is 6.08 Å². The Kier molecular flexibility index (Phi) is 5.77. The van der Waals surface area contributed by atoms with Gasteiger partial charge in [0.1, 0.15) is 18.3 Å². The molecule has 4 fully saturated rings. The molecule has 184 valence electrons. The van der Waals surface area contributed by atoms with E-state index in [2.05, 4.69) is 13.8 Å². The average Bonchev–Trinajstić information content (AvgIpc) is 3.10. The molecule has 1 aliphatic heterocycles. The van der Waals surface area contributed by atoms with Crippen LogP contribution in [0.2, 0.25) is 0 Å². The predicted octanol–water partition coefficient (Wildman–Crippen LogP) is 1.80. The van der Waals surface area contributed by atoms with Gasteiger partial charge in [0, 0.05) is 6.42 Å². The first kappa shape index (κ1) is 23.4. The molecule has 5 rings (SSSR count). The molecule has 11 atom stereocenters. The van der Waals surface area contributed by atoms with Crippen molar-refractivity contribution in [3.63, 3.8) is 0 Å². The fraction of sp³-hybridized carbons (Fsp3) is 0.840. The molecule has 0 aromatic heterocycles. The minimum absolute atomic E-state index is 0.0920. The zero-order valence-electron chi connectivity index (χ0n) is 19.4. The van der Waals surface area contributed by atoms with Crippen LogP contribution in [0, 0.1) is 28.6 Å². The van der Waals surface area contributed by atoms with Crippen molar-refractivity contribution in [1.29, 1.82) is 0 Å². The van der Waals surface area contributed by atoms with Crippen LogP contribution in [0.1, 0.15) is 65.2 Å². The first-order chi connectivity index (χ1) is 15.6. The van der Waals surface area contributed by atoms with Gasteiger partial charge in [-0.2, -0.15) is 0 Å². The average molecular weight is 465 g/mol. The molecular formula is C25H36O8. The summed E-state index contributed by atoms with van der Waals surface area (Å²) in [5.41, 5.74) is 1.29. The van der Waals surface area contributed by atoms with Crippen LogP contribution < -0.4 is 0 Å². The van der Waals surface area contributed by atoms with Crippen LogP contribution in [-0.2, 0) is 19.1 Å². The largest absolute Gasteiger partial charge is 0.479 e. The van der Waals surface area contributed by atoms with Crippen molar-refractivity contribution < 1.29 is 39.5 Å². The standard InChI is InChI=1S/C25H36O8/c1-24-9-7-13(26)11-12(24)3-4-14-15-5-6-17(25(15,2)10-8-16(14)24)32-23-20(29)18(27)19(28)21(33-23)22(30)31/h11,14-21,23,27-29H,3-10H2,1-2H3,(H,30,31)/t14-,15-,16-,17-,18-,19-,20+,21-,23?,24-,25-/m0/s1. The van der Waals surface area contributed by atoms with Gasteiger partial charge in [0.15, 0.2) is 18.2 Å². The molecule has 0 aromatic rings. The molecule has 0 aromatic carbocycles. The third kappa shape index (κ3) is 3.52. The summed E-state index contributed by atoms with van der Waals surface area (Å²) >= 11 is 0. The van der Waals surface area contributed by atoms with Crippen molar-refractivity contribution in [1.82, 2.24) is 0 Å². The summed E-state index contributed by atoms with van der Waals surface area (Å²) < 4.78 is 11.6. The number of fused-ring (bicyclic) bond motifs is 5. The maximum absolute atomic E-state index is 12.0. The highest BCUT2D eigenvalue weighted by molar-refractivity contribution is 5.91. The molecule has 4 aliphatic carbocycles. The minimum atomic E-state index is -1.72. The zero-order chi connectivity index (χ0) is 23.7. The van der Waals surface area contributed by atoms with Crippen LogP contribution in [0.5, 0.6) is 0 Å². The van der Waals surface area contributed by atoms with Gasteiger partial charge in [0.25, 0.3) is 0 Å². The number of carboxylic acids is 1. The SMILES string of the molecule is C[C@]12CC[C@H]3[C@@H](CCC4=CC(=O)CC[C@@]43C)[C@@H]1CC[C@@H]2OC1O[C@H](C(=O)O)[C@@H](O)[C@H](O)[C@H]1O. The Balaban J connectivity index is 1.34. The summed E-state index contributed by atoms with van der Waals surface area (Å²) in [5.74, 6) is 0.400. The highest BCUT2D eigenvalue weighted by atomic mass is 16.7. The highest BCUT2D eigenvalue weighted by Gasteiger charge is 2.60. The molecule has 3 saturated carbocycles. The van der Waals surface area contributed by atoms with E-state index in [-0.39, 0.29) is 22.7 Å². The van der Waals surface area contributed by atoms with Gasteiger partial charge in [-0.3, -0.25) is 4.79 Å². The van der Waals surface area contributed by atoms with E-state index < -0.39 is 36.7 Å². The van der Waals surface area contributed by atoms with Crippen LogP contribution in [0.3, 0.4) is 0 Å². The van der Waals surface area contributed by atoms with Gasteiger partial charge in [0.05, 0.1) is 6.10 Å². The molecule has 0 spiro atoms. The number of rotatable bonds is 3. The number of allylic oxidation sites excluding steroid dienone is 1. The zero-order valence-corrected chi connectivity index (χ0v) is 19.4. The van der Waals surface area contributed by atoms with Crippen molar-refractivity contribution in [3.8, 4) is 0 Å². The molecule has 5 aliphatic rings. The second kappa shape index (κ2) is 8.12. The van der Waals surface area contributed by atoms with Crippen molar-refractivity contribution in [3.05, 3.63) is 11.6 Å². The summed E-state index contributed by atoms with van der Waals surface area (Å²) in [7, 11) is 0. The Morgan fingerprint density at radius 2 is 1.76 bits per heavy atom. The van der Waals surface area contributed by atoms with Gasteiger partial charge in [-0.15, -0.1) is 0 Å². The van der Waals surface area contributed by atoms with Crippen molar-refractivity contribution in [2.45, 2.75) is 102 Å². The molecule has 8 nitrogen and oxygen atoms in total. The summed E-state index contributed by atoms with van der Waals surface area (Å²) in [6.07, 6.45) is 1.24. The maximum atomic E-state index is 12.0. The van der Waals surface area contributed by atoms with Gasteiger partial charge >= 0.3 is 5.97 Å². The minimum Gasteiger partial charge on any atom is -0.479 e. The molecular weight excluding hydrogens is 428 g/mol. The lowest BCUT2D eigenvalue weighted by molar-refractivity contribution is -0.312. The third-order valence-corrected chi connectivity index (χ3v) is 9.99. The lowest BCUT2D eigenvalue weighted by atomic mass is 9.47. The summed E-state index contributed by atoms with van der Waals surface area (Å²) in [5, 5.41) is 39.9. The van der Waals surface area contributed by atoms with Crippen LogP contribution in [0.4, 0.5) is 0 Å². The Bertz CT molecular complexity index is 855. The molecule has 8 heteroatoms. The van der Waals surface area contributed by atoms with E-state index in [0.717, 1.165) is 44.9 Å². The monoisotopic (exact) mass is 464 g/mol. The van der Waals surface area contributed by atoms with E-state index in [0.29, 0.717) is 24.2 Å². The van der Waals surface area contributed by atoms with E-state index in [1.54, 1.807) is 0 Å². The molecule has 4 N–H and O–H groups in total. The highest BCUT2D eigenvalue weighted by Crippen LogP contribution is 2.65. The second-order valence-electron chi connectivity index (χ2n) is 11.5. The number of aliphatic hydroxyl groups is 3. The second-order valence-corrected chi connectivity index (χ2v) is 11.5. The first-order valence-corrected chi connectivity index (χ1v) is 12.4. The Labute approximate surface area is 194 Å². The maximum Gasteiger partial charge on any atom is 0.335 e. The van der Waals surface area contributed by atoms with Gasteiger partial charge in [0.2, 0.25) is 0 Å². The van der Waals surface area contributed by atoms with Crippen LogP contribution in [0.25, 0.3) is 0 Å². The van der Waals surface area contributed by atoms with E-state index in [4.69, 9.17) is 9.47 Å². The number of carboxylic acid groups (broad SMARTS) is 1. The molecule has 1 unspecified atom stereocenters. The fourth-order valence-corrected chi connectivity index (χ4v) is 8.06. The smallest absolute Gasteiger partial charge is 0.335 e. The van der Waals surface area contributed by atoms with E-state index >= 15 is 0 Å². The molecule has 0 bridgehead atoms. The number of hydrogen-bond acceptors (Lipinski definition) is 7. The van der Waals surface area contributed by atoms with Crippen molar-refractivity contribution in [2.24, 2.45) is 28.6 Å². The number of ether oxygens (including phenoxy) is 2. The number of aliphatic carboxylic acids is 1. The molecule has 33 heavy (non-hydrogen) atoms. The number of carbonyl (C=O) groups is 2. The fourth-order valence-electron chi connectivity index (χ4n) is 8.06. The molecule has 1 saturated heterocycles. The van der Waals surface area contributed by atoms with E-state index in [1.165, 1.54) is 5.57 Å². The van der Waals surface area contributed by atoms with Gasteiger partial charge in [-0.25, -0.2) is 4.79 Å². The van der Waals surface area contributed by atoms with Gasteiger partial charge in [-0.1, -0.05) is 19.4 Å². The lowest BCUT2D eigenvalue weighted by Crippen LogP contribution is -2.61. The Hall–Kier alpha value is -1.32. The number of carbonyl (C=O) groups excluding carboxylic acids is 1. The topological polar surface area (TPSA) is 134 Å². The predicted molar refractivity (Wildman–Crippen MR) is 116 cm³/mol. The summed E-state index contributed by atoms with van der Waals surface area (Å²) in [4.78, 5) is 23.5. The first-order valence-electron chi connectivity index (χ1n) is 12.4. The number of aliphatic hydroxyl groups excluding tert-OH is 3. The Morgan fingerprint density at radius 1 is 1.00 bits per heavy atom. The summed E-state index contributed by atoms with van der Waals surface area (Å²) in [6.45, 7) is 4.58. The Morgan fingerprint density at radius 3 is 2.48 bits per heavy atom. The van der Waals surface area contributed by atoms with Crippen molar-refractivity contribution >= 4 is 11.8 Å². The number of hydrogen-bond donors (Lipinski definition) is 4. The molecule has 0 amide bonds. The van der Waals surface area contributed by atoms with Gasteiger partial charge < -0.3 is 29.9 Å². The normalized spacial score (nSPS) is 51.8. The molecule has 1 heterocycles. The molecule has 0 radical (unpaired) electrons. The van der Waals surface area contributed by atoms with Gasteiger partial charge in [-0.05, 0) is 79.6 Å². The van der Waals surface area contributed by atoms with Crippen molar-refractivity contribution in [2.75, 3.05) is 0 Å².